The monoisotopic (exact) mass is 367 g/mol. The third-order valence-electron chi connectivity index (χ3n) is 4.63. The van der Waals surface area contributed by atoms with Gasteiger partial charge in [0.1, 0.15) is 17.7 Å². The molecule has 1 unspecified atom stereocenters. The van der Waals surface area contributed by atoms with Crippen LogP contribution in [-0.4, -0.2) is 27.9 Å². The van der Waals surface area contributed by atoms with Gasteiger partial charge in [-0.2, -0.15) is 0 Å². The Labute approximate surface area is 161 Å². The average molecular weight is 367 g/mol. The summed E-state index contributed by atoms with van der Waals surface area (Å²) in [6.45, 7) is 13.1. The Morgan fingerprint density at radius 3 is 2.59 bits per heavy atom. The maximum absolute atomic E-state index is 12.9. The van der Waals surface area contributed by atoms with Crippen molar-refractivity contribution in [3.63, 3.8) is 0 Å². The molecule has 0 bridgehead atoms. The number of rotatable bonds is 4. The van der Waals surface area contributed by atoms with Gasteiger partial charge in [-0.3, -0.25) is 15.1 Å². The normalized spacial score (nSPS) is 19.4. The first-order valence-electron chi connectivity index (χ1n) is 9.34. The Hall–Kier alpha value is -2.40. The molecule has 1 aromatic carbocycles. The van der Waals surface area contributed by atoms with Crippen molar-refractivity contribution in [2.24, 2.45) is 5.41 Å². The highest BCUT2D eigenvalue weighted by Gasteiger charge is 2.46. The first-order valence-corrected chi connectivity index (χ1v) is 9.34. The van der Waals surface area contributed by atoms with E-state index in [-0.39, 0.29) is 17.5 Å². The van der Waals surface area contributed by atoms with E-state index in [1.165, 1.54) is 0 Å². The maximum atomic E-state index is 12.9. The van der Waals surface area contributed by atoms with Gasteiger partial charge in [-0.15, -0.1) is 0 Å². The van der Waals surface area contributed by atoms with E-state index in [4.69, 9.17) is 4.74 Å². The molecule has 1 amide bonds. The molecule has 1 saturated heterocycles. The molecule has 1 N–H and O–H groups in total. The summed E-state index contributed by atoms with van der Waals surface area (Å²) in [4.78, 5) is 18.9. The van der Waals surface area contributed by atoms with Gasteiger partial charge in [-0.25, -0.2) is 0 Å². The molecule has 1 aliphatic heterocycles. The van der Waals surface area contributed by atoms with Crippen LogP contribution in [0.25, 0.3) is 0 Å². The first-order chi connectivity index (χ1) is 12.6. The van der Waals surface area contributed by atoms with E-state index >= 15 is 0 Å². The summed E-state index contributed by atoms with van der Waals surface area (Å²) in [5.41, 5.74) is 1.53. The topological polar surface area (TPSA) is 54.5 Å². The molecule has 1 fully saturated rings. The molecular weight excluding hydrogens is 338 g/mol. The minimum Gasteiger partial charge on any atom is -0.455 e. The molecule has 0 aliphatic carbocycles. The highest BCUT2D eigenvalue weighted by Crippen LogP contribution is 2.35. The number of aryl methyl sites for hydroxylation is 1. The predicted octanol–water partition coefficient (Wildman–Crippen LogP) is 4.44. The zero-order chi connectivity index (χ0) is 19.8. The molecule has 5 heteroatoms. The molecule has 1 aliphatic rings. The van der Waals surface area contributed by atoms with Gasteiger partial charge in [0, 0.05) is 12.7 Å². The van der Waals surface area contributed by atoms with Crippen LogP contribution in [-0.2, 0) is 4.79 Å². The first kappa shape index (κ1) is 19.4. The van der Waals surface area contributed by atoms with Gasteiger partial charge in [0.05, 0.1) is 11.7 Å². The molecule has 0 radical (unpaired) electrons. The summed E-state index contributed by atoms with van der Waals surface area (Å²) in [5.74, 6) is 1.63. The van der Waals surface area contributed by atoms with Gasteiger partial charge in [0.25, 0.3) is 0 Å². The second-order valence-electron chi connectivity index (χ2n) is 8.98. The molecule has 144 valence electrons. The molecule has 0 saturated carbocycles. The highest BCUT2D eigenvalue weighted by atomic mass is 16.5. The highest BCUT2D eigenvalue weighted by molar-refractivity contribution is 5.88. The number of hydrogen-bond donors (Lipinski definition) is 1. The van der Waals surface area contributed by atoms with Crippen LogP contribution in [0.4, 0.5) is 0 Å². The Morgan fingerprint density at radius 2 is 2.00 bits per heavy atom. The van der Waals surface area contributed by atoms with Crippen LogP contribution >= 0.6 is 0 Å². The summed E-state index contributed by atoms with van der Waals surface area (Å²) in [6.07, 6.45) is 3.27. The van der Waals surface area contributed by atoms with Crippen molar-refractivity contribution in [3.8, 4) is 11.5 Å². The zero-order valence-electron chi connectivity index (χ0n) is 17.0. The fourth-order valence-electron chi connectivity index (χ4n) is 3.39. The number of nitrogens with zero attached hydrogens (tertiary/aromatic N) is 2. The van der Waals surface area contributed by atoms with Crippen molar-refractivity contribution < 1.29 is 9.53 Å². The van der Waals surface area contributed by atoms with Crippen molar-refractivity contribution in [2.75, 3.05) is 6.54 Å². The van der Waals surface area contributed by atoms with E-state index in [0.29, 0.717) is 12.3 Å². The van der Waals surface area contributed by atoms with E-state index in [0.717, 1.165) is 16.9 Å². The second kappa shape index (κ2) is 6.97. The standard InChI is InChI=1S/C22H29N3O2/c1-15-12-16(9-10-18(15)27-17-8-7-11-23-13-17)19-24-22(5,6)20(26)25(19)14-21(2,3)4/h7-13,19,24H,14H2,1-6H3. The Balaban J connectivity index is 1.88. The molecular formula is C22H29N3O2. The minimum absolute atomic E-state index is 0.0222. The van der Waals surface area contributed by atoms with Crippen LogP contribution in [0.5, 0.6) is 11.5 Å². The Kier molecular flexibility index (Phi) is 5.00. The number of pyridine rings is 1. The zero-order valence-corrected chi connectivity index (χ0v) is 17.0. The molecule has 0 spiro atoms. The van der Waals surface area contributed by atoms with Gasteiger partial charge in [-0.05, 0) is 61.6 Å². The number of amides is 1. The number of aromatic nitrogens is 1. The van der Waals surface area contributed by atoms with Crippen molar-refractivity contribution in [1.82, 2.24) is 15.2 Å². The lowest BCUT2D eigenvalue weighted by molar-refractivity contribution is -0.133. The number of ether oxygens (including phenoxy) is 1. The number of carbonyl (C=O) groups excluding carboxylic acids is 1. The number of hydrogen-bond acceptors (Lipinski definition) is 4. The fourth-order valence-corrected chi connectivity index (χ4v) is 3.39. The molecule has 27 heavy (non-hydrogen) atoms. The van der Waals surface area contributed by atoms with E-state index in [2.05, 4.69) is 37.1 Å². The largest absolute Gasteiger partial charge is 0.455 e. The molecule has 1 atom stereocenters. The van der Waals surface area contributed by atoms with Crippen molar-refractivity contribution in [3.05, 3.63) is 53.9 Å². The molecule has 2 aromatic rings. The van der Waals surface area contributed by atoms with Gasteiger partial charge in [0.15, 0.2) is 0 Å². The van der Waals surface area contributed by atoms with Crippen LogP contribution in [0, 0.1) is 12.3 Å². The van der Waals surface area contributed by atoms with E-state index in [9.17, 15) is 4.79 Å². The van der Waals surface area contributed by atoms with Crippen LogP contribution in [0.1, 0.15) is 51.9 Å². The lowest BCUT2D eigenvalue weighted by Crippen LogP contribution is -2.41. The Morgan fingerprint density at radius 1 is 1.26 bits per heavy atom. The summed E-state index contributed by atoms with van der Waals surface area (Å²) >= 11 is 0. The van der Waals surface area contributed by atoms with Crippen LogP contribution in [0.15, 0.2) is 42.7 Å². The smallest absolute Gasteiger partial charge is 0.243 e. The van der Waals surface area contributed by atoms with Gasteiger partial charge >= 0.3 is 0 Å². The number of nitrogens with one attached hydrogen (secondary N) is 1. The fraction of sp³-hybridized carbons (Fsp3) is 0.455. The minimum atomic E-state index is -0.575. The number of carbonyl (C=O) groups is 1. The van der Waals surface area contributed by atoms with Gasteiger partial charge < -0.3 is 9.64 Å². The van der Waals surface area contributed by atoms with E-state index in [1.54, 1.807) is 12.4 Å². The van der Waals surface area contributed by atoms with Crippen LogP contribution < -0.4 is 10.1 Å². The summed E-state index contributed by atoms with van der Waals surface area (Å²) < 4.78 is 5.93. The van der Waals surface area contributed by atoms with E-state index in [1.807, 2.05) is 49.9 Å². The van der Waals surface area contributed by atoms with Gasteiger partial charge in [-0.1, -0.05) is 26.8 Å². The molecule has 2 heterocycles. The molecule has 3 rings (SSSR count). The van der Waals surface area contributed by atoms with Crippen molar-refractivity contribution in [2.45, 2.75) is 53.2 Å². The average Bonchev–Trinajstić information content (AvgIpc) is 2.80. The summed E-state index contributed by atoms with van der Waals surface area (Å²) in [6, 6.07) is 9.81. The maximum Gasteiger partial charge on any atom is 0.243 e. The van der Waals surface area contributed by atoms with Crippen LogP contribution in [0.2, 0.25) is 0 Å². The third kappa shape index (κ3) is 4.30. The van der Waals surface area contributed by atoms with E-state index < -0.39 is 5.54 Å². The lowest BCUT2D eigenvalue weighted by Gasteiger charge is -2.31. The van der Waals surface area contributed by atoms with Crippen molar-refractivity contribution >= 4 is 5.91 Å². The SMILES string of the molecule is Cc1cc(C2NC(C)(C)C(=O)N2CC(C)(C)C)ccc1Oc1cccnc1. The second-order valence-corrected chi connectivity index (χ2v) is 8.98. The quantitative estimate of drug-likeness (QED) is 0.868. The molecule has 1 aromatic heterocycles. The number of benzene rings is 1. The third-order valence-corrected chi connectivity index (χ3v) is 4.63. The van der Waals surface area contributed by atoms with Crippen molar-refractivity contribution in [1.29, 1.82) is 0 Å². The summed E-state index contributed by atoms with van der Waals surface area (Å²) in [5, 5.41) is 3.49. The molecule has 5 nitrogen and oxygen atoms in total. The lowest BCUT2D eigenvalue weighted by atomic mass is 9.95. The van der Waals surface area contributed by atoms with Crippen LogP contribution in [0.3, 0.4) is 0 Å². The Bertz CT molecular complexity index is 825. The predicted molar refractivity (Wildman–Crippen MR) is 107 cm³/mol. The summed E-state index contributed by atoms with van der Waals surface area (Å²) in [7, 11) is 0. The van der Waals surface area contributed by atoms with Gasteiger partial charge in [0.2, 0.25) is 5.91 Å².